The first-order valence-electron chi connectivity index (χ1n) is 9.71. The fourth-order valence-electron chi connectivity index (χ4n) is 2.69. The molecular formula is C23H26FIN4O2. The molecule has 0 aliphatic rings. The normalized spacial score (nSPS) is 10.7. The van der Waals surface area contributed by atoms with E-state index in [1.807, 2.05) is 43.3 Å². The molecule has 0 spiro atoms. The maximum absolute atomic E-state index is 13.0. The monoisotopic (exact) mass is 536 g/mol. The lowest BCUT2D eigenvalue weighted by atomic mass is 10.2. The Morgan fingerprint density at radius 1 is 0.935 bits per heavy atom. The van der Waals surface area contributed by atoms with Gasteiger partial charge < -0.3 is 20.1 Å². The third-order valence-corrected chi connectivity index (χ3v) is 4.22. The van der Waals surface area contributed by atoms with Gasteiger partial charge in [-0.15, -0.1) is 24.0 Å². The molecule has 0 atom stereocenters. The standard InChI is InChI=1S/C23H25FN4O2.HI/c1-3-29-20-6-4-5-7-21(20)30-22-13-10-18(15-26-22)16-28-23(25-2)27-14-17-8-11-19(24)12-9-17;/h4-13,15H,3,14,16H2,1-2H3,(H2,25,27,28);1H. The van der Waals surface area contributed by atoms with E-state index >= 15 is 0 Å². The molecule has 0 fully saturated rings. The van der Waals surface area contributed by atoms with Crippen molar-refractivity contribution in [3.8, 4) is 17.4 Å². The van der Waals surface area contributed by atoms with Gasteiger partial charge in [-0.25, -0.2) is 9.37 Å². The van der Waals surface area contributed by atoms with Crippen molar-refractivity contribution in [2.24, 2.45) is 4.99 Å². The van der Waals surface area contributed by atoms with Crippen LogP contribution in [0.1, 0.15) is 18.1 Å². The molecule has 1 heterocycles. The molecule has 3 aromatic rings. The minimum Gasteiger partial charge on any atom is -0.490 e. The second kappa shape index (κ2) is 12.7. The van der Waals surface area contributed by atoms with E-state index < -0.39 is 0 Å². The van der Waals surface area contributed by atoms with Crippen LogP contribution in [0.3, 0.4) is 0 Å². The molecule has 0 amide bonds. The molecule has 8 heteroatoms. The molecule has 0 unspecified atom stereocenters. The van der Waals surface area contributed by atoms with E-state index in [9.17, 15) is 4.39 Å². The second-order valence-electron chi connectivity index (χ2n) is 6.39. The quantitative estimate of drug-likeness (QED) is 0.244. The highest BCUT2D eigenvalue weighted by atomic mass is 127. The fraction of sp³-hybridized carbons (Fsp3) is 0.217. The van der Waals surface area contributed by atoms with Gasteiger partial charge in [0.1, 0.15) is 5.82 Å². The highest BCUT2D eigenvalue weighted by molar-refractivity contribution is 14.0. The summed E-state index contributed by atoms with van der Waals surface area (Å²) < 4.78 is 24.4. The van der Waals surface area contributed by atoms with E-state index in [-0.39, 0.29) is 29.8 Å². The Morgan fingerprint density at radius 3 is 2.19 bits per heavy atom. The predicted molar refractivity (Wildman–Crippen MR) is 131 cm³/mol. The summed E-state index contributed by atoms with van der Waals surface area (Å²) in [6, 6.07) is 17.6. The SMILES string of the molecule is CCOc1ccccc1Oc1ccc(CNC(=NC)NCc2ccc(F)cc2)cn1.I. The topological polar surface area (TPSA) is 67.8 Å². The van der Waals surface area contributed by atoms with E-state index in [4.69, 9.17) is 9.47 Å². The fourth-order valence-corrected chi connectivity index (χ4v) is 2.69. The van der Waals surface area contributed by atoms with E-state index in [0.717, 1.165) is 11.1 Å². The Bertz CT molecular complexity index is 966. The number of para-hydroxylation sites is 2. The molecule has 0 bridgehead atoms. The van der Waals surface area contributed by atoms with Gasteiger partial charge in [-0.2, -0.15) is 0 Å². The van der Waals surface area contributed by atoms with Crippen molar-refractivity contribution in [3.05, 3.63) is 83.8 Å². The number of benzene rings is 2. The van der Waals surface area contributed by atoms with Gasteiger partial charge in [-0.3, -0.25) is 4.99 Å². The number of hydrogen-bond donors (Lipinski definition) is 2. The van der Waals surface area contributed by atoms with Crippen molar-refractivity contribution < 1.29 is 13.9 Å². The molecule has 1 aromatic heterocycles. The molecule has 164 valence electrons. The van der Waals surface area contributed by atoms with Crippen molar-refractivity contribution in [1.29, 1.82) is 0 Å². The smallest absolute Gasteiger partial charge is 0.219 e. The minimum absolute atomic E-state index is 0. The number of aromatic nitrogens is 1. The van der Waals surface area contributed by atoms with Gasteiger partial charge in [-0.1, -0.05) is 30.3 Å². The number of nitrogens with zero attached hydrogens (tertiary/aromatic N) is 2. The second-order valence-corrected chi connectivity index (χ2v) is 6.39. The number of nitrogens with one attached hydrogen (secondary N) is 2. The summed E-state index contributed by atoms with van der Waals surface area (Å²) in [5, 5.41) is 6.42. The summed E-state index contributed by atoms with van der Waals surface area (Å²) in [6.07, 6.45) is 1.75. The minimum atomic E-state index is -0.248. The van der Waals surface area contributed by atoms with Gasteiger partial charge in [0.15, 0.2) is 17.5 Å². The van der Waals surface area contributed by atoms with Gasteiger partial charge in [0.2, 0.25) is 5.88 Å². The van der Waals surface area contributed by atoms with Gasteiger partial charge in [0.25, 0.3) is 0 Å². The largest absolute Gasteiger partial charge is 0.490 e. The molecule has 6 nitrogen and oxygen atoms in total. The van der Waals surface area contributed by atoms with Crippen LogP contribution in [0, 0.1) is 5.82 Å². The van der Waals surface area contributed by atoms with Crippen LogP contribution in [-0.2, 0) is 13.1 Å². The number of halogens is 2. The third-order valence-electron chi connectivity index (χ3n) is 4.22. The average Bonchev–Trinajstić information content (AvgIpc) is 2.77. The van der Waals surface area contributed by atoms with Crippen LogP contribution in [0.25, 0.3) is 0 Å². The van der Waals surface area contributed by atoms with Crippen molar-refractivity contribution in [3.63, 3.8) is 0 Å². The molecule has 0 aliphatic carbocycles. The summed E-state index contributed by atoms with van der Waals surface area (Å²) in [7, 11) is 1.70. The number of aliphatic imine (C=N–C) groups is 1. The maximum atomic E-state index is 13.0. The lowest BCUT2D eigenvalue weighted by molar-refractivity contribution is 0.319. The molecule has 3 rings (SSSR count). The third kappa shape index (κ3) is 7.71. The Morgan fingerprint density at radius 2 is 1.58 bits per heavy atom. The summed E-state index contributed by atoms with van der Waals surface area (Å²) in [4.78, 5) is 8.56. The number of rotatable bonds is 8. The molecule has 0 radical (unpaired) electrons. The van der Waals surface area contributed by atoms with Gasteiger partial charge >= 0.3 is 0 Å². The lowest BCUT2D eigenvalue weighted by Gasteiger charge is -2.13. The molecule has 0 saturated carbocycles. The van der Waals surface area contributed by atoms with E-state index in [2.05, 4.69) is 20.6 Å². The van der Waals surface area contributed by atoms with Gasteiger partial charge in [0, 0.05) is 32.4 Å². The Hall–Kier alpha value is -2.88. The molecule has 0 saturated heterocycles. The Balaban J connectivity index is 0.00000341. The number of pyridine rings is 1. The van der Waals surface area contributed by atoms with E-state index in [1.54, 1.807) is 25.4 Å². The predicted octanol–water partition coefficient (Wildman–Crippen LogP) is 4.89. The van der Waals surface area contributed by atoms with Gasteiger partial charge in [0.05, 0.1) is 6.61 Å². The first kappa shape index (κ1) is 24.4. The van der Waals surface area contributed by atoms with Crippen LogP contribution < -0.4 is 20.1 Å². The van der Waals surface area contributed by atoms with Crippen molar-refractivity contribution >= 4 is 29.9 Å². The Kier molecular flexibility index (Phi) is 10.0. The van der Waals surface area contributed by atoms with Crippen LogP contribution >= 0.6 is 24.0 Å². The van der Waals surface area contributed by atoms with Crippen LogP contribution in [0.4, 0.5) is 4.39 Å². The van der Waals surface area contributed by atoms with Crippen LogP contribution in [0.5, 0.6) is 17.4 Å². The first-order valence-corrected chi connectivity index (χ1v) is 9.71. The molecule has 2 N–H and O–H groups in total. The zero-order valence-corrected chi connectivity index (χ0v) is 19.8. The van der Waals surface area contributed by atoms with Crippen LogP contribution in [-0.4, -0.2) is 24.6 Å². The van der Waals surface area contributed by atoms with Crippen molar-refractivity contribution in [2.45, 2.75) is 20.0 Å². The summed E-state index contributed by atoms with van der Waals surface area (Å²) in [5.74, 6) is 2.20. The summed E-state index contributed by atoms with van der Waals surface area (Å²) in [6.45, 7) is 3.59. The van der Waals surface area contributed by atoms with Crippen LogP contribution in [0.15, 0.2) is 71.9 Å². The zero-order valence-electron chi connectivity index (χ0n) is 17.5. The number of ether oxygens (including phenoxy) is 2. The van der Waals surface area contributed by atoms with E-state index in [1.165, 1.54) is 12.1 Å². The summed E-state index contributed by atoms with van der Waals surface area (Å²) >= 11 is 0. The maximum Gasteiger partial charge on any atom is 0.219 e. The molecular weight excluding hydrogens is 510 g/mol. The number of hydrogen-bond acceptors (Lipinski definition) is 4. The average molecular weight is 536 g/mol. The molecule has 2 aromatic carbocycles. The van der Waals surface area contributed by atoms with E-state index in [0.29, 0.717) is 43.0 Å². The number of guanidine groups is 1. The Labute approximate surface area is 198 Å². The van der Waals surface area contributed by atoms with Crippen LogP contribution in [0.2, 0.25) is 0 Å². The van der Waals surface area contributed by atoms with Crippen molar-refractivity contribution in [2.75, 3.05) is 13.7 Å². The summed E-state index contributed by atoms with van der Waals surface area (Å²) in [5.41, 5.74) is 1.94. The molecule has 0 aliphatic heterocycles. The van der Waals surface area contributed by atoms with Gasteiger partial charge in [-0.05, 0) is 42.3 Å². The molecule has 31 heavy (non-hydrogen) atoms. The highest BCUT2D eigenvalue weighted by Crippen LogP contribution is 2.30. The zero-order chi connectivity index (χ0) is 21.2. The highest BCUT2D eigenvalue weighted by Gasteiger charge is 2.06. The van der Waals surface area contributed by atoms with Crippen molar-refractivity contribution in [1.82, 2.24) is 15.6 Å². The first-order chi connectivity index (χ1) is 14.7. The lowest BCUT2D eigenvalue weighted by Crippen LogP contribution is -2.36.